The van der Waals surface area contributed by atoms with Gasteiger partial charge < -0.3 is 5.32 Å². The zero-order chi connectivity index (χ0) is 11.4. The van der Waals surface area contributed by atoms with Crippen LogP contribution < -0.4 is 5.32 Å². The van der Waals surface area contributed by atoms with Gasteiger partial charge in [-0.1, -0.05) is 0 Å². The van der Waals surface area contributed by atoms with Crippen molar-refractivity contribution in [2.24, 2.45) is 0 Å². The molecule has 0 aromatic carbocycles. The highest BCUT2D eigenvalue weighted by molar-refractivity contribution is 9.10. The summed E-state index contributed by atoms with van der Waals surface area (Å²) >= 11 is 3.30. The van der Waals surface area contributed by atoms with Crippen molar-refractivity contribution in [3.8, 4) is 0 Å². The van der Waals surface area contributed by atoms with E-state index in [0.717, 1.165) is 17.0 Å². The number of aryl methyl sites for hydroxylation is 1. The number of rotatable bonds is 3. The Kier molecular flexibility index (Phi) is 3.46. The van der Waals surface area contributed by atoms with Gasteiger partial charge in [0.1, 0.15) is 16.7 Å². The number of nitrogens with one attached hydrogen (secondary N) is 1. The number of hydrogen-bond donors (Lipinski definition) is 1. The Morgan fingerprint density at radius 1 is 1.38 bits per heavy atom. The second kappa shape index (κ2) is 5.03. The number of nitrogens with zero attached hydrogens (tertiary/aromatic N) is 3. The predicted octanol–water partition coefficient (Wildman–Crippen LogP) is 2.55. The topological polar surface area (TPSA) is 50.7 Å². The van der Waals surface area contributed by atoms with Crippen LogP contribution in [0.15, 0.2) is 35.5 Å². The standard InChI is InChI=1S/C11H11BrN4/c1-8-5-13-3-2-9(8)6-14-11-4-10(12)15-7-16-11/h2-5,7H,6H2,1H3,(H,14,15,16). The predicted molar refractivity (Wildman–Crippen MR) is 66.0 cm³/mol. The zero-order valence-electron chi connectivity index (χ0n) is 8.81. The van der Waals surface area contributed by atoms with E-state index >= 15 is 0 Å². The summed E-state index contributed by atoms with van der Waals surface area (Å²) in [4.78, 5) is 12.1. The number of pyridine rings is 1. The summed E-state index contributed by atoms with van der Waals surface area (Å²) in [5, 5.41) is 3.23. The van der Waals surface area contributed by atoms with E-state index in [1.165, 1.54) is 17.5 Å². The highest BCUT2D eigenvalue weighted by Crippen LogP contribution is 2.12. The molecule has 5 heteroatoms. The van der Waals surface area contributed by atoms with Gasteiger partial charge in [0, 0.05) is 25.0 Å². The maximum atomic E-state index is 4.12. The molecule has 2 aromatic heterocycles. The van der Waals surface area contributed by atoms with Crippen molar-refractivity contribution < 1.29 is 0 Å². The molecule has 0 atom stereocenters. The van der Waals surface area contributed by atoms with Gasteiger partial charge >= 0.3 is 0 Å². The van der Waals surface area contributed by atoms with Crippen molar-refractivity contribution in [1.82, 2.24) is 15.0 Å². The maximum Gasteiger partial charge on any atom is 0.130 e. The van der Waals surface area contributed by atoms with Crippen LogP contribution in [-0.2, 0) is 6.54 Å². The molecule has 0 saturated carbocycles. The molecule has 16 heavy (non-hydrogen) atoms. The Morgan fingerprint density at radius 3 is 3.00 bits per heavy atom. The lowest BCUT2D eigenvalue weighted by Gasteiger charge is -2.07. The molecule has 82 valence electrons. The molecule has 0 aliphatic carbocycles. The Hall–Kier alpha value is -1.49. The number of aromatic nitrogens is 3. The average Bonchev–Trinajstić information content (AvgIpc) is 2.28. The summed E-state index contributed by atoms with van der Waals surface area (Å²) in [6, 6.07) is 3.84. The molecular weight excluding hydrogens is 268 g/mol. The first kappa shape index (κ1) is 11.0. The first-order valence-corrected chi connectivity index (χ1v) is 5.66. The summed E-state index contributed by atoms with van der Waals surface area (Å²) in [6.45, 7) is 2.78. The lowest BCUT2D eigenvalue weighted by Crippen LogP contribution is -2.03. The molecule has 2 aromatic rings. The lowest BCUT2D eigenvalue weighted by atomic mass is 10.1. The second-order valence-corrected chi connectivity index (χ2v) is 4.19. The van der Waals surface area contributed by atoms with Gasteiger partial charge in [-0.15, -0.1) is 0 Å². The van der Waals surface area contributed by atoms with E-state index in [0.29, 0.717) is 0 Å². The van der Waals surface area contributed by atoms with E-state index in [4.69, 9.17) is 0 Å². The third-order valence-electron chi connectivity index (χ3n) is 2.23. The fraction of sp³-hybridized carbons (Fsp3) is 0.182. The van der Waals surface area contributed by atoms with Crippen LogP contribution in [0.2, 0.25) is 0 Å². The molecule has 0 fully saturated rings. The van der Waals surface area contributed by atoms with Crippen LogP contribution in [0, 0.1) is 6.92 Å². The van der Waals surface area contributed by atoms with Crippen molar-refractivity contribution in [3.05, 3.63) is 46.6 Å². The van der Waals surface area contributed by atoms with Gasteiger partial charge in [0.2, 0.25) is 0 Å². The van der Waals surface area contributed by atoms with Crippen LogP contribution in [0.3, 0.4) is 0 Å². The summed E-state index contributed by atoms with van der Waals surface area (Å²) < 4.78 is 0.774. The number of anilines is 1. The van der Waals surface area contributed by atoms with E-state index in [-0.39, 0.29) is 0 Å². The Labute approximate surface area is 102 Å². The lowest BCUT2D eigenvalue weighted by molar-refractivity contribution is 1.05. The molecule has 0 amide bonds. The van der Waals surface area contributed by atoms with E-state index in [2.05, 4.69) is 36.2 Å². The molecule has 0 radical (unpaired) electrons. The Bertz CT molecular complexity index is 487. The molecule has 0 saturated heterocycles. The smallest absolute Gasteiger partial charge is 0.130 e. The monoisotopic (exact) mass is 278 g/mol. The van der Waals surface area contributed by atoms with Crippen LogP contribution in [0.4, 0.5) is 5.82 Å². The van der Waals surface area contributed by atoms with E-state index < -0.39 is 0 Å². The maximum absolute atomic E-state index is 4.12. The largest absolute Gasteiger partial charge is 0.366 e. The van der Waals surface area contributed by atoms with Crippen molar-refractivity contribution in [2.45, 2.75) is 13.5 Å². The van der Waals surface area contributed by atoms with Crippen LogP contribution in [0.25, 0.3) is 0 Å². The first-order chi connectivity index (χ1) is 7.75. The van der Waals surface area contributed by atoms with Crippen LogP contribution in [-0.4, -0.2) is 15.0 Å². The van der Waals surface area contributed by atoms with Gasteiger partial charge in [-0.3, -0.25) is 4.98 Å². The van der Waals surface area contributed by atoms with Gasteiger partial charge in [0.15, 0.2) is 0 Å². The summed E-state index contributed by atoms with van der Waals surface area (Å²) in [7, 11) is 0. The third-order valence-corrected chi connectivity index (χ3v) is 2.66. The fourth-order valence-electron chi connectivity index (χ4n) is 1.32. The molecule has 1 N–H and O–H groups in total. The molecule has 0 aliphatic heterocycles. The minimum atomic E-state index is 0.734. The highest BCUT2D eigenvalue weighted by Gasteiger charge is 1.99. The SMILES string of the molecule is Cc1cnccc1CNc1cc(Br)ncn1. The van der Waals surface area contributed by atoms with Crippen LogP contribution >= 0.6 is 15.9 Å². The van der Waals surface area contributed by atoms with E-state index in [9.17, 15) is 0 Å². The second-order valence-electron chi connectivity index (χ2n) is 3.38. The van der Waals surface area contributed by atoms with E-state index in [1.807, 2.05) is 25.3 Å². The number of halogens is 1. The van der Waals surface area contributed by atoms with Crippen molar-refractivity contribution in [2.75, 3.05) is 5.32 Å². The van der Waals surface area contributed by atoms with Crippen molar-refractivity contribution >= 4 is 21.7 Å². The molecule has 0 unspecified atom stereocenters. The van der Waals surface area contributed by atoms with Gasteiger partial charge in [-0.2, -0.15) is 0 Å². The minimum absolute atomic E-state index is 0.734. The fourth-order valence-corrected chi connectivity index (χ4v) is 1.62. The minimum Gasteiger partial charge on any atom is -0.366 e. The molecule has 0 spiro atoms. The van der Waals surface area contributed by atoms with Crippen LogP contribution in [0.1, 0.15) is 11.1 Å². The highest BCUT2D eigenvalue weighted by atomic mass is 79.9. The zero-order valence-corrected chi connectivity index (χ0v) is 10.4. The van der Waals surface area contributed by atoms with Gasteiger partial charge in [-0.05, 0) is 40.0 Å². The Balaban J connectivity index is 2.05. The summed E-state index contributed by atoms with van der Waals surface area (Å²) in [6.07, 6.45) is 5.17. The Morgan fingerprint density at radius 2 is 2.25 bits per heavy atom. The van der Waals surface area contributed by atoms with Crippen molar-refractivity contribution in [3.63, 3.8) is 0 Å². The number of hydrogen-bond acceptors (Lipinski definition) is 4. The third kappa shape index (κ3) is 2.76. The normalized spacial score (nSPS) is 10.1. The van der Waals surface area contributed by atoms with Crippen LogP contribution in [0.5, 0.6) is 0 Å². The summed E-state index contributed by atoms with van der Waals surface area (Å²) in [5.41, 5.74) is 2.38. The molecule has 4 nitrogen and oxygen atoms in total. The quantitative estimate of drug-likeness (QED) is 0.877. The van der Waals surface area contributed by atoms with E-state index in [1.54, 1.807) is 6.20 Å². The molecule has 2 rings (SSSR count). The van der Waals surface area contributed by atoms with Gasteiger partial charge in [0.25, 0.3) is 0 Å². The average molecular weight is 279 g/mol. The van der Waals surface area contributed by atoms with Gasteiger partial charge in [0.05, 0.1) is 0 Å². The van der Waals surface area contributed by atoms with Gasteiger partial charge in [-0.25, -0.2) is 9.97 Å². The molecular formula is C11H11BrN4. The van der Waals surface area contributed by atoms with Crippen molar-refractivity contribution in [1.29, 1.82) is 0 Å². The molecule has 0 aliphatic rings. The first-order valence-electron chi connectivity index (χ1n) is 4.86. The summed E-state index contributed by atoms with van der Waals surface area (Å²) in [5.74, 6) is 0.804. The molecule has 0 bridgehead atoms. The molecule has 2 heterocycles.